The highest BCUT2D eigenvalue weighted by Gasteiger charge is 2.34. The van der Waals surface area contributed by atoms with Gasteiger partial charge in [0.05, 0.1) is 12.5 Å². The Morgan fingerprint density at radius 3 is 2.22 bits per heavy atom. The average molecular weight is 255 g/mol. The lowest BCUT2D eigenvalue weighted by molar-refractivity contribution is -0.152. The van der Waals surface area contributed by atoms with Gasteiger partial charge in [-0.3, -0.25) is 9.59 Å². The molecule has 1 heterocycles. The van der Waals surface area contributed by atoms with Crippen LogP contribution in [-0.4, -0.2) is 36.5 Å². The van der Waals surface area contributed by atoms with Crippen LogP contribution in [0.2, 0.25) is 0 Å². The molecule has 104 valence electrons. The topological polar surface area (TPSA) is 46.6 Å². The van der Waals surface area contributed by atoms with Crippen molar-refractivity contribution in [1.29, 1.82) is 0 Å². The summed E-state index contributed by atoms with van der Waals surface area (Å²) >= 11 is 0. The van der Waals surface area contributed by atoms with Crippen molar-refractivity contribution in [2.45, 2.75) is 47.0 Å². The quantitative estimate of drug-likeness (QED) is 0.724. The number of amides is 1. The number of carbonyl (C=O) groups excluding carboxylic acids is 2. The number of ether oxygens (including phenoxy) is 1. The van der Waals surface area contributed by atoms with Crippen LogP contribution in [-0.2, 0) is 14.3 Å². The second-order valence-corrected chi connectivity index (χ2v) is 5.56. The van der Waals surface area contributed by atoms with E-state index in [-0.39, 0.29) is 23.2 Å². The van der Waals surface area contributed by atoms with Gasteiger partial charge in [-0.15, -0.1) is 0 Å². The molecule has 0 N–H and O–H groups in total. The number of likely N-dealkylation sites (tertiary alicyclic amines) is 1. The average Bonchev–Trinajstić information content (AvgIpc) is 2.38. The summed E-state index contributed by atoms with van der Waals surface area (Å²) in [7, 11) is 0. The summed E-state index contributed by atoms with van der Waals surface area (Å²) in [5.41, 5.74) is -0.295. The molecule has 1 amide bonds. The van der Waals surface area contributed by atoms with Crippen molar-refractivity contribution in [1.82, 2.24) is 4.90 Å². The van der Waals surface area contributed by atoms with Crippen molar-refractivity contribution in [3.63, 3.8) is 0 Å². The number of carbonyl (C=O) groups is 2. The second-order valence-electron chi connectivity index (χ2n) is 5.56. The molecule has 0 atom stereocenters. The van der Waals surface area contributed by atoms with E-state index >= 15 is 0 Å². The van der Waals surface area contributed by atoms with Crippen molar-refractivity contribution in [2.24, 2.45) is 11.3 Å². The number of hydrogen-bond acceptors (Lipinski definition) is 3. The van der Waals surface area contributed by atoms with Crippen molar-refractivity contribution in [3.8, 4) is 0 Å². The van der Waals surface area contributed by atoms with Crippen LogP contribution in [0.25, 0.3) is 0 Å². The van der Waals surface area contributed by atoms with Crippen molar-refractivity contribution < 1.29 is 14.3 Å². The first-order valence-electron chi connectivity index (χ1n) is 6.88. The van der Waals surface area contributed by atoms with E-state index < -0.39 is 0 Å². The molecule has 1 fully saturated rings. The van der Waals surface area contributed by atoms with Gasteiger partial charge in [-0.1, -0.05) is 20.8 Å². The lowest BCUT2D eigenvalue weighted by Crippen LogP contribution is -2.46. The summed E-state index contributed by atoms with van der Waals surface area (Å²) in [6.45, 7) is 9.58. The van der Waals surface area contributed by atoms with Gasteiger partial charge in [0.25, 0.3) is 0 Å². The fourth-order valence-corrected chi connectivity index (χ4v) is 2.16. The highest BCUT2D eigenvalue weighted by Crippen LogP contribution is 2.27. The van der Waals surface area contributed by atoms with E-state index in [1.165, 1.54) is 0 Å². The van der Waals surface area contributed by atoms with Crippen LogP contribution in [0.5, 0.6) is 0 Å². The van der Waals surface area contributed by atoms with E-state index in [4.69, 9.17) is 4.74 Å². The molecule has 1 aliphatic heterocycles. The Morgan fingerprint density at radius 1 is 1.22 bits per heavy atom. The van der Waals surface area contributed by atoms with Crippen LogP contribution in [0.3, 0.4) is 0 Å². The van der Waals surface area contributed by atoms with Crippen LogP contribution in [0.4, 0.5) is 0 Å². The molecule has 4 heteroatoms. The Hall–Kier alpha value is -1.06. The zero-order chi connectivity index (χ0) is 13.8. The molecule has 0 aromatic carbocycles. The minimum absolute atomic E-state index is 0.0289. The maximum Gasteiger partial charge on any atom is 0.309 e. The predicted octanol–water partition coefficient (Wildman–Crippen LogP) is 2.22. The molecule has 4 nitrogen and oxygen atoms in total. The summed E-state index contributed by atoms with van der Waals surface area (Å²) in [4.78, 5) is 25.8. The third-order valence-electron chi connectivity index (χ3n) is 3.86. The molecule has 0 saturated carbocycles. The number of hydrogen-bond donors (Lipinski definition) is 0. The molecule has 0 unspecified atom stereocenters. The van der Waals surface area contributed by atoms with Gasteiger partial charge in [0.15, 0.2) is 0 Å². The van der Waals surface area contributed by atoms with Crippen molar-refractivity contribution >= 4 is 11.9 Å². The van der Waals surface area contributed by atoms with E-state index in [1.807, 2.05) is 32.6 Å². The number of rotatable bonds is 4. The largest absolute Gasteiger partial charge is 0.466 e. The Labute approximate surface area is 110 Å². The maximum absolute atomic E-state index is 12.3. The van der Waals surface area contributed by atoms with Crippen LogP contribution < -0.4 is 0 Å². The molecule has 1 rings (SSSR count). The standard InChI is InChI=1S/C14H25NO3/c1-5-14(3,4)13(17)15-9-7-11(8-10-15)12(16)18-6-2/h11H,5-10H2,1-4H3. The van der Waals surface area contributed by atoms with Gasteiger partial charge in [0, 0.05) is 18.5 Å². The maximum atomic E-state index is 12.3. The van der Waals surface area contributed by atoms with Crippen LogP contribution in [0.1, 0.15) is 47.0 Å². The zero-order valence-electron chi connectivity index (χ0n) is 12.0. The molecule has 0 aliphatic carbocycles. The summed E-state index contributed by atoms with van der Waals surface area (Å²) in [6.07, 6.45) is 2.29. The van der Waals surface area contributed by atoms with E-state index in [2.05, 4.69) is 0 Å². The third kappa shape index (κ3) is 3.47. The molecule has 0 aromatic heterocycles. The van der Waals surface area contributed by atoms with Gasteiger partial charge in [0.1, 0.15) is 0 Å². The number of piperidine rings is 1. The van der Waals surface area contributed by atoms with E-state index in [0.29, 0.717) is 19.7 Å². The summed E-state index contributed by atoms with van der Waals surface area (Å²) < 4.78 is 5.02. The first-order valence-corrected chi connectivity index (χ1v) is 6.88. The van der Waals surface area contributed by atoms with Crippen molar-refractivity contribution in [2.75, 3.05) is 19.7 Å². The van der Waals surface area contributed by atoms with Gasteiger partial charge in [-0.25, -0.2) is 0 Å². The summed E-state index contributed by atoms with van der Waals surface area (Å²) in [5.74, 6) is 0.0606. The highest BCUT2D eigenvalue weighted by atomic mass is 16.5. The normalized spacial score (nSPS) is 17.7. The Morgan fingerprint density at radius 2 is 1.78 bits per heavy atom. The smallest absolute Gasteiger partial charge is 0.309 e. The minimum Gasteiger partial charge on any atom is -0.466 e. The third-order valence-corrected chi connectivity index (χ3v) is 3.86. The van der Waals surface area contributed by atoms with Gasteiger partial charge in [-0.05, 0) is 26.2 Å². The molecule has 1 aliphatic rings. The Balaban J connectivity index is 2.49. The molecule has 0 aromatic rings. The second kappa shape index (κ2) is 6.21. The van der Waals surface area contributed by atoms with Gasteiger partial charge in [-0.2, -0.15) is 0 Å². The molecule has 0 bridgehead atoms. The molecule has 0 radical (unpaired) electrons. The molecular weight excluding hydrogens is 230 g/mol. The van der Waals surface area contributed by atoms with E-state index in [0.717, 1.165) is 19.3 Å². The van der Waals surface area contributed by atoms with Gasteiger partial charge >= 0.3 is 5.97 Å². The SMILES string of the molecule is CCOC(=O)C1CCN(C(=O)C(C)(C)CC)CC1. The molecule has 0 spiro atoms. The monoisotopic (exact) mass is 255 g/mol. The first-order chi connectivity index (χ1) is 8.42. The lowest BCUT2D eigenvalue weighted by atomic mass is 9.87. The number of esters is 1. The predicted molar refractivity (Wildman–Crippen MR) is 70.0 cm³/mol. The fraction of sp³-hybridized carbons (Fsp3) is 0.857. The van der Waals surface area contributed by atoms with E-state index in [1.54, 1.807) is 0 Å². The van der Waals surface area contributed by atoms with E-state index in [9.17, 15) is 9.59 Å². The van der Waals surface area contributed by atoms with Crippen LogP contribution in [0.15, 0.2) is 0 Å². The highest BCUT2D eigenvalue weighted by molar-refractivity contribution is 5.82. The van der Waals surface area contributed by atoms with Gasteiger partial charge in [0.2, 0.25) is 5.91 Å². The Kier molecular flexibility index (Phi) is 5.17. The van der Waals surface area contributed by atoms with Crippen LogP contribution in [0, 0.1) is 11.3 Å². The summed E-state index contributed by atoms with van der Waals surface area (Å²) in [6, 6.07) is 0. The summed E-state index contributed by atoms with van der Waals surface area (Å²) in [5, 5.41) is 0. The number of nitrogens with zero attached hydrogens (tertiary/aromatic N) is 1. The molecular formula is C14H25NO3. The van der Waals surface area contributed by atoms with Gasteiger partial charge < -0.3 is 9.64 Å². The van der Waals surface area contributed by atoms with Crippen molar-refractivity contribution in [3.05, 3.63) is 0 Å². The van der Waals surface area contributed by atoms with Crippen LogP contribution >= 0.6 is 0 Å². The Bertz CT molecular complexity index is 304. The molecule has 18 heavy (non-hydrogen) atoms. The first kappa shape index (κ1) is 15.0. The lowest BCUT2D eigenvalue weighted by Gasteiger charge is -2.36. The minimum atomic E-state index is -0.295. The zero-order valence-corrected chi connectivity index (χ0v) is 12.0. The fourth-order valence-electron chi connectivity index (χ4n) is 2.16. The molecule has 1 saturated heterocycles.